The minimum absolute atomic E-state index is 0.874. The fourth-order valence-electron chi connectivity index (χ4n) is 2.74. The lowest BCUT2D eigenvalue weighted by atomic mass is 9.95. The summed E-state index contributed by atoms with van der Waals surface area (Å²) in [4.78, 5) is 0. The largest absolute Gasteiger partial charge is 0.496 e. The van der Waals surface area contributed by atoms with Crippen LogP contribution < -0.4 is 4.74 Å². The van der Waals surface area contributed by atoms with Gasteiger partial charge < -0.3 is 4.74 Å². The molecule has 0 saturated heterocycles. The van der Waals surface area contributed by atoms with Gasteiger partial charge >= 0.3 is 0 Å². The molecule has 0 bridgehead atoms. The molecule has 1 heteroatoms. The van der Waals surface area contributed by atoms with Gasteiger partial charge in [-0.1, -0.05) is 61.5 Å². The fraction of sp³-hybridized carbons (Fsp3) is 0.300. The van der Waals surface area contributed by atoms with E-state index in [1.54, 1.807) is 7.11 Å². The highest BCUT2D eigenvalue weighted by Crippen LogP contribution is 2.29. The van der Waals surface area contributed by atoms with Crippen LogP contribution in [0.1, 0.15) is 36.1 Å². The van der Waals surface area contributed by atoms with Crippen LogP contribution in [0.3, 0.4) is 0 Å². The van der Waals surface area contributed by atoms with Crippen LogP contribution in [0.4, 0.5) is 0 Å². The zero-order valence-corrected chi connectivity index (χ0v) is 13.3. The van der Waals surface area contributed by atoms with Gasteiger partial charge in [-0.25, -0.2) is 0 Å². The highest BCUT2D eigenvalue weighted by Gasteiger charge is 2.11. The highest BCUT2D eigenvalue weighted by molar-refractivity contribution is 5.47. The number of hydrogen-bond acceptors (Lipinski definition) is 1. The first-order chi connectivity index (χ1) is 10.1. The van der Waals surface area contributed by atoms with Gasteiger partial charge in [-0.2, -0.15) is 0 Å². The van der Waals surface area contributed by atoms with Crippen molar-refractivity contribution in [1.29, 1.82) is 0 Å². The van der Waals surface area contributed by atoms with Crippen molar-refractivity contribution in [3.8, 4) is 5.75 Å². The van der Waals surface area contributed by atoms with Gasteiger partial charge in [0.25, 0.3) is 0 Å². The molecule has 0 fully saturated rings. The SMILES string of the molecule is C=C(C)Cc1cc(Cc2ccccc2)cc(CC)c1OC. The van der Waals surface area contributed by atoms with E-state index in [1.807, 2.05) is 0 Å². The van der Waals surface area contributed by atoms with Gasteiger partial charge in [0.15, 0.2) is 0 Å². The van der Waals surface area contributed by atoms with Crippen LogP contribution in [0.25, 0.3) is 0 Å². The van der Waals surface area contributed by atoms with E-state index < -0.39 is 0 Å². The Kier molecular flexibility index (Phi) is 5.21. The summed E-state index contributed by atoms with van der Waals surface area (Å²) in [5.74, 6) is 1.03. The van der Waals surface area contributed by atoms with Gasteiger partial charge in [-0.3, -0.25) is 0 Å². The molecule has 0 heterocycles. The zero-order valence-electron chi connectivity index (χ0n) is 13.3. The lowest BCUT2D eigenvalue weighted by Crippen LogP contribution is -2.01. The first kappa shape index (κ1) is 15.4. The molecule has 0 amide bonds. The number of hydrogen-bond donors (Lipinski definition) is 0. The second-order valence-electron chi connectivity index (χ2n) is 5.60. The highest BCUT2D eigenvalue weighted by atomic mass is 16.5. The van der Waals surface area contributed by atoms with Gasteiger partial charge in [0, 0.05) is 0 Å². The van der Waals surface area contributed by atoms with Gasteiger partial charge in [0.2, 0.25) is 0 Å². The molecule has 0 saturated carbocycles. The number of ether oxygens (including phenoxy) is 1. The molecule has 2 aromatic rings. The standard InChI is InChI=1S/C20H24O/c1-5-18-13-17(12-16-9-7-6-8-10-16)14-19(11-15(2)3)20(18)21-4/h6-10,13-14H,2,5,11-12H2,1,3-4H3. The lowest BCUT2D eigenvalue weighted by Gasteiger charge is -2.16. The molecular formula is C20H24O. The third kappa shape index (κ3) is 3.98. The molecule has 0 radical (unpaired) electrons. The second-order valence-corrected chi connectivity index (χ2v) is 5.60. The number of allylic oxidation sites excluding steroid dienone is 1. The van der Waals surface area contributed by atoms with Crippen molar-refractivity contribution >= 4 is 0 Å². The van der Waals surface area contributed by atoms with Crippen molar-refractivity contribution in [2.45, 2.75) is 33.1 Å². The summed E-state index contributed by atoms with van der Waals surface area (Å²) in [5.41, 5.74) is 6.37. The molecule has 0 unspecified atom stereocenters. The van der Waals surface area contributed by atoms with E-state index in [-0.39, 0.29) is 0 Å². The molecule has 0 aliphatic heterocycles. The van der Waals surface area contributed by atoms with Gasteiger partial charge in [-0.05, 0) is 48.4 Å². The van der Waals surface area contributed by atoms with E-state index >= 15 is 0 Å². The van der Waals surface area contributed by atoms with Crippen LogP contribution in [-0.4, -0.2) is 7.11 Å². The third-order valence-electron chi connectivity index (χ3n) is 3.63. The van der Waals surface area contributed by atoms with E-state index in [0.29, 0.717) is 0 Å². The maximum Gasteiger partial charge on any atom is 0.125 e. The molecule has 0 N–H and O–H groups in total. The first-order valence-corrected chi connectivity index (χ1v) is 7.51. The van der Waals surface area contributed by atoms with Crippen molar-refractivity contribution in [2.24, 2.45) is 0 Å². The quantitative estimate of drug-likeness (QED) is 0.679. The van der Waals surface area contributed by atoms with Crippen LogP contribution in [-0.2, 0) is 19.3 Å². The maximum atomic E-state index is 5.63. The molecule has 0 aliphatic carbocycles. The topological polar surface area (TPSA) is 9.23 Å². The summed E-state index contributed by atoms with van der Waals surface area (Å²) >= 11 is 0. The normalized spacial score (nSPS) is 10.4. The second kappa shape index (κ2) is 7.12. The predicted octanol–water partition coefficient (Wildman–Crippen LogP) is 4.97. The first-order valence-electron chi connectivity index (χ1n) is 7.51. The minimum Gasteiger partial charge on any atom is -0.496 e. The Hall–Kier alpha value is -2.02. The van der Waals surface area contributed by atoms with Gasteiger partial charge in [-0.15, -0.1) is 0 Å². The van der Waals surface area contributed by atoms with Crippen molar-refractivity contribution in [1.82, 2.24) is 0 Å². The number of benzene rings is 2. The molecule has 110 valence electrons. The minimum atomic E-state index is 0.874. The van der Waals surface area contributed by atoms with Crippen LogP contribution in [0.15, 0.2) is 54.6 Å². The van der Waals surface area contributed by atoms with E-state index in [0.717, 1.165) is 30.6 Å². The molecule has 0 atom stereocenters. The molecule has 2 rings (SSSR count). The van der Waals surface area contributed by atoms with Crippen LogP contribution >= 0.6 is 0 Å². The Morgan fingerprint density at radius 3 is 2.29 bits per heavy atom. The van der Waals surface area contributed by atoms with Gasteiger partial charge in [0.05, 0.1) is 7.11 Å². The van der Waals surface area contributed by atoms with E-state index in [4.69, 9.17) is 4.74 Å². The van der Waals surface area contributed by atoms with Crippen molar-refractivity contribution in [3.63, 3.8) is 0 Å². The summed E-state index contributed by atoms with van der Waals surface area (Å²) in [7, 11) is 1.76. The summed E-state index contributed by atoms with van der Waals surface area (Å²) in [6.45, 7) is 8.28. The van der Waals surface area contributed by atoms with Crippen LogP contribution in [0.2, 0.25) is 0 Å². The third-order valence-corrected chi connectivity index (χ3v) is 3.63. The molecule has 1 nitrogen and oxygen atoms in total. The summed E-state index contributed by atoms with van der Waals surface area (Å²) < 4.78 is 5.63. The Morgan fingerprint density at radius 2 is 1.71 bits per heavy atom. The van der Waals surface area contributed by atoms with E-state index in [9.17, 15) is 0 Å². The molecule has 21 heavy (non-hydrogen) atoms. The Labute approximate surface area is 128 Å². The summed E-state index contributed by atoms with van der Waals surface area (Å²) in [6, 6.07) is 15.1. The van der Waals surface area contributed by atoms with Crippen molar-refractivity contribution in [3.05, 3.63) is 76.9 Å². The molecule has 0 spiro atoms. The van der Waals surface area contributed by atoms with E-state index in [2.05, 4.69) is 62.9 Å². The predicted molar refractivity (Wildman–Crippen MR) is 90.1 cm³/mol. The molecular weight excluding hydrogens is 256 g/mol. The number of methoxy groups -OCH3 is 1. The lowest BCUT2D eigenvalue weighted by molar-refractivity contribution is 0.405. The Morgan fingerprint density at radius 1 is 1.05 bits per heavy atom. The average Bonchev–Trinajstić information content (AvgIpc) is 2.47. The number of aryl methyl sites for hydroxylation is 1. The van der Waals surface area contributed by atoms with Crippen molar-refractivity contribution in [2.75, 3.05) is 7.11 Å². The van der Waals surface area contributed by atoms with Crippen LogP contribution in [0.5, 0.6) is 5.75 Å². The smallest absolute Gasteiger partial charge is 0.125 e. The Balaban J connectivity index is 2.40. The molecule has 0 aromatic heterocycles. The summed E-state index contributed by atoms with van der Waals surface area (Å²) in [5, 5.41) is 0. The molecule has 2 aromatic carbocycles. The zero-order chi connectivity index (χ0) is 15.2. The molecule has 0 aliphatic rings. The Bertz CT molecular complexity index is 611. The van der Waals surface area contributed by atoms with Gasteiger partial charge in [0.1, 0.15) is 5.75 Å². The maximum absolute atomic E-state index is 5.63. The monoisotopic (exact) mass is 280 g/mol. The summed E-state index contributed by atoms with van der Waals surface area (Å²) in [6.07, 6.45) is 2.81. The average molecular weight is 280 g/mol. The fourth-order valence-corrected chi connectivity index (χ4v) is 2.74. The van der Waals surface area contributed by atoms with Crippen LogP contribution in [0, 0.1) is 0 Å². The van der Waals surface area contributed by atoms with E-state index in [1.165, 1.54) is 22.3 Å². The number of rotatable bonds is 6. The van der Waals surface area contributed by atoms with Crippen molar-refractivity contribution < 1.29 is 4.74 Å².